The molecule has 0 N–H and O–H groups in total. The van der Waals surface area contributed by atoms with Gasteiger partial charge in [0.1, 0.15) is 12.4 Å². The van der Waals surface area contributed by atoms with Gasteiger partial charge in [-0.15, -0.1) is 0 Å². The van der Waals surface area contributed by atoms with Crippen LogP contribution >= 0.6 is 0 Å². The van der Waals surface area contributed by atoms with Crippen LogP contribution in [-0.4, -0.2) is 9.97 Å². The van der Waals surface area contributed by atoms with E-state index >= 15 is 0 Å². The van der Waals surface area contributed by atoms with Crippen molar-refractivity contribution in [2.45, 2.75) is 20.5 Å². The first-order valence-corrected chi connectivity index (χ1v) is 5.22. The zero-order chi connectivity index (χ0) is 11.4. The summed E-state index contributed by atoms with van der Waals surface area (Å²) in [6, 6.07) is 9.93. The first-order chi connectivity index (χ1) is 7.75. The summed E-state index contributed by atoms with van der Waals surface area (Å²) >= 11 is 0. The number of ether oxygens (including phenoxy) is 1. The standard InChI is InChI=1S/C13H14N2O.Ce/c1-10-5-3-4-6-12(10)9-16-13-7-8-14-11(2)15-13;/h3-8H,9H2,1-2H3;. The summed E-state index contributed by atoms with van der Waals surface area (Å²) in [5, 5.41) is 0. The van der Waals surface area contributed by atoms with Gasteiger partial charge < -0.3 is 4.74 Å². The van der Waals surface area contributed by atoms with Gasteiger partial charge in [0, 0.05) is 54.0 Å². The Morgan fingerprint density at radius 2 is 1.88 bits per heavy atom. The third-order valence-electron chi connectivity index (χ3n) is 2.39. The van der Waals surface area contributed by atoms with Gasteiger partial charge >= 0.3 is 0 Å². The van der Waals surface area contributed by atoms with Crippen LogP contribution < -0.4 is 4.74 Å². The fourth-order valence-corrected chi connectivity index (χ4v) is 1.44. The number of aryl methyl sites for hydroxylation is 2. The van der Waals surface area contributed by atoms with E-state index in [9.17, 15) is 0 Å². The molecule has 0 amide bonds. The molecule has 0 bridgehead atoms. The minimum absolute atomic E-state index is 0. The summed E-state index contributed by atoms with van der Waals surface area (Å²) in [7, 11) is 0. The van der Waals surface area contributed by atoms with E-state index in [1.165, 1.54) is 11.1 Å². The molecule has 0 saturated heterocycles. The smallest absolute Gasteiger partial charge is 0.216 e. The average Bonchev–Trinajstić information content (AvgIpc) is 2.28. The van der Waals surface area contributed by atoms with Gasteiger partial charge in [-0.05, 0) is 25.0 Å². The Kier molecular flexibility index (Phi) is 6.01. The molecule has 0 unspecified atom stereocenters. The number of benzene rings is 1. The number of rotatable bonds is 3. The summed E-state index contributed by atoms with van der Waals surface area (Å²) in [4.78, 5) is 8.21. The molecule has 0 aliphatic heterocycles. The monoisotopic (exact) mass is 354 g/mol. The van der Waals surface area contributed by atoms with Crippen LogP contribution in [0.1, 0.15) is 17.0 Å². The fourth-order valence-electron chi connectivity index (χ4n) is 1.44. The second-order valence-electron chi connectivity index (χ2n) is 3.66. The van der Waals surface area contributed by atoms with Crippen LogP contribution in [0.25, 0.3) is 0 Å². The quantitative estimate of drug-likeness (QED) is 0.850. The van der Waals surface area contributed by atoms with E-state index in [2.05, 4.69) is 29.0 Å². The van der Waals surface area contributed by atoms with Crippen molar-refractivity contribution in [1.29, 1.82) is 0 Å². The van der Waals surface area contributed by atoms with Crippen molar-refractivity contribution in [2.24, 2.45) is 0 Å². The molecule has 0 saturated carbocycles. The van der Waals surface area contributed by atoms with E-state index < -0.39 is 0 Å². The van der Waals surface area contributed by atoms with Crippen LogP contribution in [0.2, 0.25) is 0 Å². The second kappa shape index (κ2) is 7.03. The molecule has 0 aliphatic carbocycles. The zero-order valence-electron chi connectivity index (χ0n) is 9.97. The van der Waals surface area contributed by atoms with Crippen LogP contribution in [0.15, 0.2) is 36.5 Å². The maximum Gasteiger partial charge on any atom is 0.216 e. The van der Waals surface area contributed by atoms with Gasteiger partial charge in [-0.1, -0.05) is 24.3 Å². The zero-order valence-corrected chi connectivity index (χ0v) is 13.1. The van der Waals surface area contributed by atoms with Crippen LogP contribution in [0, 0.1) is 55.6 Å². The fraction of sp³-hybridized carbons (Fsp3) is 0.231. The third-order valence-corrected chi connectivity index (χ3v) is 2.39. The molecule has 0 atom stereocenters. The Morgan fingerprint density at radius 3 is 2.59 bits per heavy atom. The molecule has 0 aliphatic rings. The molecule has 17 heavy (non-hydrogen) atoms. The molecule has 1 aromatic heterocycles. The molecule has 0 radical (unpaired) electrons. The second-order valence-corrected chi connectivity index (χ2v) is 3.66. The van der Waals surface area contributed by atoms with Gasteiger partial charge in [0.05, 0.1) is 0 Å². The van der Waals surface area contributed by atoms with Crippen molar-refractivity contribution in [3.8, 4) is 5.88 Å². The number of hydrogen-bond donors (Lipinski definition) is 0. The summed E-state index contributed by atoms with van der Waals surface area (Å²) in [5.41, 5.74) is 2.41. The van der Waals surface area contributed by atoms with E-state index in [1.54, 1.807) is 12.3 Å². The Labute approximate surface area is 135 Å². The summed E-state index contributed by atoms with van der Waals surface area (Å²) in [5.74, 6) is 1.35. The maximum atomic E-state index is 5.60. The predicted octanol–water partition coefficient (Wildman–Crippen LogP) is 2.67. The molecule has 2 rings (SSSR count). The molecule has 4 heteroatoms. The number of nitrogens with zero attached hydrogens (tertiary/aromatic N) is 2. The largest absolute Gasteiger partial charge is 0.473 e. The molecule has 1 heterocycles. The van der Waals surface area contributed by atoms with Gasteiger partial charge in [-0.3, -0.25) is 0 Å². The molecular weight excluding hydrogens is 340 g/mol. The van der Waals surface area contributed by atoms with Crippen molar-refractivity contribution in [1.82, 2.24) is 9.97 Å². The Hall–Kier alpha value is -0.523. The van der Waals surface area contributed by atoms with Gasteiger partial charge in [-0.25, -0.2) is 4.98 Å². The Bertz CT molecular complexity index is 488. The van der Waals surface area contributed by atoms with Crippen LogP contribution in [-0.2, 0) is 6.61 Å². The van der Waals surface area contributed by atoms with E-state index in [4.69, 9.17) is 4.74 Å². The molecule has 0 spiro atoms. The molecule has 1 aromatic carbocycles. The SMILES string of the molecule is Cc1nccc(OCc2ccccc2C)n1.[Ce]. The van der Waals surface area contributed by atoms with Gasteiger partial charge in [0.2, 0.25) is 5.88 Å². The van der Waals surface area contributed by atoms with Gasteiger partial charge in [0.25, 0.3) is 0 Å². The van der Waals surface area contributed by atoms with Crippen molar-refractivity contribution >= 4 is 0 Å². The van der Waals surface area contributed by atoms with Crippen LogP contribution in [0.5, 0.6) is 5.88 Å². The molecule has 0 fully saturated rings. The van der Waals surface area contributed by atoms with E-state index in [-0.39, 0.29) is 41.7 Å². The molecular formula is C13H14CeN2O. The van der Waals surface area contributed by atoms with E-state index in [0.717, 1.165) is 5.82 Å². The topological polar surface area (TPSA) is 35.0 Å². The molecule has 2 aromatic rings. The predicted molar refractivity (Wildman–Crippen MR) is 62.3 cm³/mol. The molecule has 86 valence electrons. The van der Waals surface area contributed by atoms with Crippen molar-refractivity contribution in [3.05, 3.63) is 53.5 Å². The maximum absolute atomic E-state index is 5.60. The van der Waals surface area contributed by atoms with Gasteiger partial charge in [-0.2, -0.15) is 4.98 Å². The number of hydrogen-bond acceptors (Lipinski definition) is 3. The van der Waals surface area contributed by atoms with E-state index in [0.29, 0.717) is 12.5 Å². The average molecular weight is 354 g/mol. The minimum Gasteiger partial charge on any atom is -0.473 e. The van der Waals surface area contributed by atoms with Crippen molar-refractivity contribution in [2.75, 3.05) is 0 Å². The van der Waals surface area contributed by atoms with Crippen molar-refractivity contribution in [3.63, 3.8) is 0 Å². The normalized spacial score (nSPS) is 9.53. The first-order valence-electron chi connectivity index (χ1n) is 5.22. The number of aromatic nitrogens is 2. The Morgan fingerprint density at radius 1 is 1.12 bits per heavy atom. The summed E-state index contributed by atoms with van der Waals surface area (Å²) < 4.78 is 5.60. The van der Waals surface area contributed by atoms with Crippen LogP contribution in [0.4, 0.5) is 0 Å². The Balaban J connectivity index is 0.00000144. The van der Waals surface area contributed by atoms with Crippen molar-refractivity contribution < 1.29 is 46.5 Å². The summed E-state index contributed by atoms with van der Waals surface area (Å²) in [6.45, 7) is 4.47. The minimum atomic E-state index is 0. The van der Waals surface area contributed by atoms with Crippen LogP contribution in [0.3, 0.4) is 0 Å². The van der Waals surface area contributed by atoms with E-state index in [1.807, 2.05) is 19.1 Å². The third kappa shape index (κ3) is 4.33. The van der Waals surface area contributed by atoms with Gasteiger partial charge in [0.15, 0.2) is 0 Å². The molecule has 3 nitrogen and oxygen atoms in total. The first kappa shape index (κ1) is 14.5. The summed E-state index contributed by atoms with van der Waals surface area (Å²) in [6.07, 6.45) is 1.70.